The minimum absolute atomic E-state index is 0.436. The van der Waals surface area contributed by atoms with E-state index in [-0.39, 0.29) is 0 Å². The molecular weight excluding hydrogens is 222 g/mol. The Labute approximate surface area is 97.8 Å². The summed E-state index contributed by atoms with van der Waals surface area (Å²) in [6.45, 7) is 3.32. The Balaban J connectivity index is 2.07. The molecule has 1 aliphatic heterocycles. The second kappa shape index (κ2) is 3.74. The van der Waals surface area contributed by atoms with Crippen molar-refractivity contribution in [3.8, 4) is 0 Å². The number of rotatable bonds is 1. The van der Waals surface area contributed by atoms with Gasteiger partial charge in [0.1, 0.15) is 0 Å². The van der Waals surface area contributed by atoms with E-state index in [4.69, 9.17) is 0 Å². The number of hydrogen-bond acceptors (Lipinski definition) is 3. The van der Waals surface area contributed by atoms with Crippen molar-refractivity contribution in [3.63, 3.8) is 0 Å². The summed E-state index contributed by atoms with van der Waals surface area (Å²) in [6, 6.07) is 4.96. The van der Waals surface area contributed by atoms with Gasteiger partial charge < -0.3 is 5.32 Å². The SMILES string of the molecule is Cc1sccc1C1NCCc2sccc21. The van der Waals surface area contributed by atoms with Crippen LogP contribution in [0.4, 0.5) is 0 Å². The van der Waals surface area contributed by atoms with Gasteiger partial charge in [-0.25, -0.2) is 0 Å². The van der Waals surface area contributed by atoms with Crippen molar-refractivity contribution in [2.24, 2.45) is 0 Å². The molecule has 3 rings (SSSR count). The Bertz CT molecular complexity index is 469. The second-order valence-electron chi connectivity index (χ2n) is 3.87. The molecule has 78 valence electrons. The Kier molecular flexibility index (Phi) is 2.39. The molecule has 0 spiro atoms. The molecule has 2 aromatic heterocycles. The molecule has 0 fully saturated rings. The number of hydrogen-bond donors (Lipinski definition) is 1. The molecule has 1 aliphatic rings. The fraction of sp³-hybridized carbons (Fsp3) is 0.333. The van der Waals surface area contributed by atoms with Crippen LogP contribution in [-0.4, -0.2) is 6.54 Å². The van der Waals surface area contributed by atoms with Gasteiger partial charge in [0.15, 0.2) is 0 Å². The Morgan fingerprint density at radius 3 is 2.80 bits per heavy atom. The highest BCUT2D eigenvalue weighted by Gasteiger charge is 2.23. The number of aryl methyl sites for hydroxylation is 1. The van der Waals surface area contributed by atoms with Gasteiger partial charge >= 0.3 is 0 Å². The van der Waals surface area contributed by atoms with Crippen LogP contribution in [0.25, 0.3) is 0 Å². The summed E-state index contributed by atoms with van der Waals surface area (Å²) in [7, 11) is 0. The molecule has 3 heteroatoms. The zero-order chi connectivity index (χ0) is 10.3. The van der Waals surface area contributed by atoms with Crippen molar-refractivity contribution in [3.05, 3.63) is 43.8 Å². The van der Waals surface area contributed by atoms with Crippen LogP contribution in [0.15, 0.2) is 22.9 Å². The molecule has 0 aliphatic carbocycles. The predicted octanol–water partition coefficient (Wildman–Crippen LogP) is 3.35. The summed E-state index contributed by atoms with van der Waals surface area (Å²) in [5.41, 5.74) is 2.95. The molecule has 1 unspecified atom stereocenters. The van der Waals surface area contributed by atoms with Gasteiger partial charge in [0.2, 0.25) is 0 Å². The Morgan fingerprint density at radius 1 is 1.20 bits per heavy atom. The maximum atomic E-state index is 3.62. The van der Waals surface area contributed by atoms with Gasteiger partial charge in [-0.1, -0.05) is 0 Å². The van der Waals surface area contributed by atoms with Gasteiger partial charge in [-0.05, 0) is 47.4 Å². The minimum atomic E-state index is 0.436. The average Bonchev–Trinajstić information content (AvgIpc) is 2.85. The first-order chi connectivity index (χ1) is 7.36. The minimum Gasteiger partial charge on any atom is -0.306 e. The molecule has 3 heterocycles. The largest absolute Gasteiger partial charge is 0.306 e. The fourth-order valence-corrected chi connectivity index (χ4v) is 3.88. The highest BCUT2D eigenvalue weighted by atomic mass is 32.1. The number of thiophene rings is 2. The van der Waals surface area contributed by atoms with Gasteiger partial charge in [0.25, 0.3) is 0 Å². The first-order valence-corrected chi connectivity index (χ1v) is 6.96. The molecule has 0 radical (unpaired) electrons. The first-order valence-electron chi connectivity index (χ1n) is 5.20. The number of nitrogens with one attached hydrogen (secondary N) is 1. The van der Waals surface area contributed by atoms with Crippen molar-refractivity contribution >= 4 is 22.7 Å². The first kappa shape index (κ1) is 9.58. The molecule has 1 atom stereocenters. The normalized spacial score (nSPS) is 20.2. The van der Waals surface area contributed by atoms with E-state index in [1.54, 1.807) is 4.88 Å². The average molecular weight is 235 g/mol. The lowest BCUT2D eigenvalue weighted by molar-refractivity contribution is 0.574. The van der Waals surface area contributed by atoms with E-state index in [1.807, 2.05) is 22.7 Å². The fourth-order valence-electron chi connectivity index (χ4n) is 2.22. The molecule has 0 saturated heterocycles. The summed E-state index contributed by atoms with van der Waals surface area (Å²) >= 11 is 3.73. The van der Waals surface area contributed by atoms with Crippen molar-refractivity contribution < 1.29 is 0 Å². The lowest BCUT2D eigenvalue weighted by Gasteiger charge is -2.24. The third kappa shape index (κ3) is 1.55. The molecule has 0 saturated carbocycles. The lowest BCUT2D eigenvalue weighted by Crippen LogP contribution is -2.29. The van der Waals surface area contributed by atoms with E-state index >= 15 is 0 Å². The van der Waals surface area contributed by atoms with E-state index < -0.39 is 0 Å². The van der Waals surface area contributed by atoms with Crippen LogP contribution < -0.4 is 5.32 Å². The van der Waals surface area contributed by atoms with Crippen LogP contribution in [0.3, 0.4) is 0 Å². The van der Waals surface area contributed by atoms with Crippen LogP contribution in [-0.2, 0) is 6.42 Å². The molecular formula is C12H13NS2. The van der Waals surface area contributed by atoms with Crippen LogP contribution >= 0.6 is 22.7 Å². The Morgan fingerprint density at radius 2 is 2.00 bits per heavy atom. The summed E-state index contributed by atoms with van der Waals surface area (Å²) in [5, 5.41) is 8.02. The molecule has 15 heavy (non-hydrogen) atoms. The summed E-state index contributed by atoms with van der Waals surface area (Å²) < 4.78 is 0. The van der Waals surface area contributed by atoms with Crippen LogP contribution in [0.1, 0.15) is 26.9 Å². The quantitative estimate of drug-likeness (QED) is 0.799. The van der Waals surface area contributed by atoms with E-state index in [2.05, 4.69) is 35.1 Å². The highest BCUT2D eigenvalue weighted by Crippen LogP contribution is 2.34. The smallest absolute Gasteiger partial charge is 0.0598 e. The van der Waals surface area contributed by atoms with Gasteiger partial charge in [-0.15, -0.1) is 22.7 Å². The van der Waals surface area contributed by atoms with Crippen LogP contribution in [0.5, 0.6) is 0 Å². The van der Waals surface area contributed by atoms with E-state index in [1.165, 1.54) is 22.4 Å². The van der Waals surface area contributed by atoms with Crippen molar-refractivity contribution in [1.82, 2.24) is 5.32 Å². The van der Waals surface area contributed by atoms with Crippen molar-refractivity contribution in [2.45, 2.75) is 19.4 Å². The van der Waals surface area contributed by atoms with E-state index in [0.717, 1.165) is 6.54 Å². The molecule has 0 bridgehead atoms. The van der Waals surface area contributed by atoms with E-state index in [0.29, 0.717) is 6.04 Å². The van der Waals surface area contributed by atoms with Crippen molar-refractivity contribution in [2.75, 3.05) is 6.54 Å². The summed E-state index contributed by atoms with van der Waals surface area (Å²) in [6.07, 6.45) is 1.19. The Hall–Kier alpha value is -0.640. The van der Waals surface area contributed by atoms with Crippen molar-refractivity contribution in [1.29, 1.82) is 0 Å². The summed E-state index contributed by atoms with van der Waals surface area (Å²) in [5.74, 6) is 0. The lowest BCUT2D eigenvalue weighted by atomic mass is 9.96. The predicted molar refractivity (Wildman–Crippen MR) is 66.9 cm³/mol. The van der Waals surface area contributed by atoms with Crippen LogP contribution in [0, 0.1) is 6.92 Å². The molecule has 0 aromatic carbocycles. The maximum absolute atomic E-state index is 3.62. The van der Waals surface area contributed by atoms with Gasteiger partial charge in [-0.2, -0.15) is 0 Å². The molecule has 1 nitrogen and oxygen atoms in total. The zero-order valence-corrected chi connectivity index (χ0v) is 10.3. The zero-order valence-electron chi connectivity index (χ0n) is 8.62. The standard InChI is InChI=1S/C12H13NS2/c1-8-9(3-6-14-8)12-10-4-7-15-11(10)2-5-13-12/h3-4,6-7,12-13H,2,5H2,1H3. The third-order valence-corrected chi connectivity index (χ3v) is 4.86. The number of fused-ring (bicyclic) bond motifs is 1. The molecule has 0 amide bonds. The third-order valence-electron chi connectivity index (χ3n) is 3.00. The molecule has 2 aromatic rings. The van der Waals surface area contributed by atoms with Gasteiger partial charge in [-0.3, -0.25) is 0 Å². The van der Waals surface area contributed by atoms with E-state index in [9.17, 15) is 0 Å². The maximum Gasteiger partial charge on any atom is 0.0598 e. The summed E-state index contributed by atoms with van der Waals surface area (Å²) in [4.78, 5) is 3.00. The topological polar surface area (TPSA) is 12.0 Å². The monoisotopic (exact) mass is 235 g/mol. The van der Waals surface area contributed by atoms with Gasteiger partial charge in [0.05, 0.1) is 6.04 Å². The highest BCUT2D eigenvalue weighted by molar-refractivity contribution is 7.10. The van der Waals surface area contributed by atoms with Crippen LogP contribution in [0.2, 0.25) is 0 Å². The van der Waals surface area contributed by atoms with Gasteiger partial charge in [0, 0.05) is 16.3 Å². The second-order valence-corrected chi connectivity index (χ2v) is 5.99. The molecule has 1 N–H and O–H groups in total.